The van der Waals surface area contributed by atoms with Crippen LogP contribution in [0.3, 0.4) is 0 Å². The maximum Gasteiger partial charge on any atom is 0.240 e. The number of benzene rings is 1. The molecule has 1 fully saturated rings. The fourth-order valence-electron chi connectivity index (χ4n) is 2.22. The zero-order chi connectivity index (χ0) is 13.0. The van der Waals surface area contributed by atoms with E-state index in [4.69, 9.17) is 0 Å². The molecule has 1 heterocycles. The Labute approximate surface area is 121 Å². The minimum absolute atomic E-state index is 0. The number of aryl methyl sites for hydroxylation is 1. The van der Waals surface area contributed by atoms with Gasteiger partial charge in [0, 0.05) is 6.54 Å². The summed E-state index contributed by atoms with van der Waals surface area (Å²) in [6, 6.07) is 6.99. The Morgan fingerprint density at radius 3 is 2.84 bits per heavy atom. The second-order valence-corrected chi connectivity index (χ2v) is 6.63. The summed E-state index contributed by atoms with van der Waals surface area (Å²) in [5.41, 5.74) is 0.956. The van der Waals surface area contributed by atoms with E-state index in [1.54, 1.807) is 18.2 Å². The SMILES string of the molecule is Cc1cccc(S(=O)(=O)NCCC2CCNC2)c1.Cl. The van der Waals surface area contributed by atoms with Crippen molar-refractivity contribution < 1.29 is 8.42 Å². The van der Waals surface area contributed by atoms with Gasteiger partial charge >= 0.3 is 0 Å². The molecule has 0 aromatic heterocycles. The van der Waals surface area contributed by atoms with Gasteiger partial charge in [-0.05, 0) is 56.5 Å². The van der Waals surface area contributed by atoms with Crippen LogP contribution < -0.4 is 10.0 Å². The molecule has 0 aliphatic carbocycles. The first-order valence-electron chi connectivity index (χ1n) is 6.35. The molecular weight excluding hydrogens is 284 g/mol. The van der Waals surface area contributed by atoms with Crippen LogP contribution in [0.1, 0.15) is 18.4 Å². The van der Waals surface area contributed by atoms with Gasteiger partial charge in [0.2, 0.25) is 10.0 Å². The quantitative estimate of drug-likeness (QED) is 0.870. The van der Waals surface area contributed by atoms with Gasteiger partial charge in [0.25, 0.3) is 0 Å². The van der Waals surface area contributed by atoms with E-state index in [0.29, 0.717) is 17.4 Å². The van der Waals surface area contributed by atoms with E-state index in [-0.39, 0.29) is 12.4 Å². The van der Waals surface area contributed by atoms with Crippen molar-refractivity contribution in [2.45, 2.75) is 24.7 Å². The molecule has 0 amide bonds. The molecule has 4 nitrogen and oxygen atoms in total. The Kier molecular flexibility index (Phi) is 6.26. The number of halogens is 1. The number of hydrogen-bond donors (Lipinski definition) is 2. The monoisotopic (exact) mass is 304 g/mol. The summed E-state index contributed by atoms with van der Waals surface area (Å²) < 4.78 is 26.7. The lowest BCUT2D eigenvalue weighted by Gasteiger charge is -2.10. The molecule has 19 heavy (non-hydrogen) atoms. The molecule has 0 radical (unpaired) electrons. The van der Waals surface area contributed by atoms with Crippen molar-refractivity contribution in [3.63, 3.8) is 0 Å². The van der Waals surface area contributed by atoms with Crippen LogP contribution in [-0.4, -0.2) is 28.1 Å². The molecule has 1 aromatic carbocycles. The fourth-order valence-corrected chi connectivity index (χ4v) is 3.38. The van der Waals surface area contributed by atoms with Gasteiger partial charge in [0.1, 0.15) is 0 Å². The molecule has 1 unspecified atom stereocenters. The molecule has 0 saturated carbocycles. The van der Waals surface area contributed by atoms with E-state index in [0.717, 1.165) is 31.5 Å². The summed E-state index contributed by atoms with van der Waals surface area (Å²) in [5.74, 6) is 0.602. The third kappa shape index (κ3) is 4.76. The van der Waals surface area contributed by atoms with Crippen LogP contribution in [-0.2, 0) is 10.0 Å². The van der Waals surface area contributed by atoms with Crippen molar-refractivity contribution in [2.24, 2.45) is 5.92 Å². The van der Waals surface area contributed by atoms with Crippen molar-refractivity contribution in [1.29, 1.82) is 0 Å². The predicted octanol–water partition coefficient (Wildman–Crippen LogP) is 1.69. The molecule has 0 spiro atoms. The normalized spacial score (nSPS) is 19.1. The minimum atomic E-state index is -3.34. The fraction of sp³-hybridized carbons (Fsp3) is 0.538. The zero-order valence-corrected chi connectivity index (χ0v) is 12.7. The summed E-state index contributed by atoms with van der Waals surface area (Å²) in [6.45, 7) is 4.47. The molecule has 2 N–H and O–H groups in total. The molecule has 2 rings (SSSR count). The maximum absolute atomic E-state index is 12.0. The lowest BCUT2D eigenvalue weighted by atomic mass is 10.1. The summed E-state index contributed by atoms with van der Waals surface area (Å²) in [6.07, 6.45) is 2.05. The Hall–Kier alpha value is -0.620. The van der Waals surface area contributed by atoms with E-state index < -0.39 is 10.0 Å². The molecule has 6 heteroatoms. The lowest BCUT2D eigenvalue weighted by Crippen LogP contribution is -2.26. The third-order valence-electron chi connectivity index (χ3n) is 3.31. The maximum atomic E-state index is 12.0. The molecular formula is C13H21ClN2O2S. The Bertz CT molecular complexity index is 499. The largest absolute Gasteiger partial charge is 0.316 e. The Morgan fingerprint density at radius 2 is 2.21 bits per heavy atom. The van der Waals surface area contributed by atoms with Crippen LogP contribution in [0.15, 0.2) is 29.2 Å². The van der Waals surface area contributed by atoms with Gasteiger partial charge < -0.3 is 5.32 Å². The highest BCUT2D eigenvalue weighted by atomic mass is 35.5. The summed E-state index contributed by atoms with van der Waals surface area (Å²) in [7, 11) is -3.34. The van der Waals surface area contributed by atoms with Gasteiger partial charge in [0.05, 0.1) is 4.90 Å². The lowest BCUT2D eigenvalue weighted by molar-refractivity contribution is 0.519. The first kappa shape index (κ1) is 16.4. The van der Waals surface area contributed by atoms with Crippen LogP contribution in [0, 0.1) is 12.8 Å². The van der Waals surface area contributed by atoms with Crippen LogP contribution in [0.5, 0.6) is 0 Å². The van der Waals surface area contributed by atoms with E-state index in [9.17, 15) is 8.42 Å². The van der Waals surface area contributed by atoms with Gasteiger partial charge in [0.15, 0.2) is 0 Å². The van der Waals surface area contributed by atoms with Gasteiger partial charge in [-0.1, -0.05) is 12.1 Å². The number of rotatable bonds is 5. The van der Waals surface area contributed by atoms with Gasteiger partial charge in [-0.25, -0.2) is 13.1 Å². The smallest absolute Gasteiger partial charge is 0.240 e. The standard InChI is InChI=1S/C13H20N2O2S.ClH/c1-11-3-2-4-13(9-11)18(16,17)15-8-6-12-5-7-14-10-12;/h2-4,9,12,14-15H,5-8,10H2,1H3;1H. The average molecular weight is 305 g/mol. The van der Waals surface area contributed by atoms with E-state index in [1.807, 2.05) is 13.0 Å². The van der Waals surface area contributed by atoms with Crippen molar-refractivity contribution >= 4 is 22.4 Å². The van der Waals surface area contributed by atoms with Crippen LogP contribution in [0.25, 0.3) is 0 Å². The molecule has 1 atom stereocenters. The first-order valence-corrected chi connectivity index (χ1v) is 7.83. The third-order valence-corrected chi connectivity index (χ3v) is 4.77. The molecule has 1 aliphatic rings. The minimum Gasteiger partial charge on any atom is -0.316 e. The number of sulfonamides is 1. The molecule has 1 saturated heterocycles. The van der Waals surface area contributed by atoms with Crippen LogP contribution >= 0.6 is 12.4 Å². The number of nitrogens with one attached hydrogen (secondary N) is 2. The summed E-state index contributed by atoms with van der Waals surface area (Å²) >= 11 is 0. The van der Waals surface area contributed by atoms with Gasteiger partial charge in [-0.2, -0.15) is 0 Å². The molecule has 1 aliphatic heterocycles. The van der Waals surface area contributed by atoms with E-state index >= 15 is 0 Å². The number of hydrogen-bond acceptors (Lipinski definition) is 3. The first-order chi connectivity index (χ1) is 8.58. The van der Waals surface area contributed by atoms with Crippen LogP contribution in [0.4, 0.5) is 0 Å². The Balaban J connectivity index is 0.00000180. The highest BCUT2D eigenvalue weighted by Gasteiger charge is 2.17. The van der Waals surface area contributed by atoms with Crippen molar-refractivity contribution in [2.75, 3.05) is 19.6 Å². The second-order valence-electron chi connectivity index (χ2n) is 4.86. The molecule has 1 aromatic rings. The van der Waals surface area contributed by atoms with Crippen molar-refractivity contribution in [1.82, 2.24) is 10.0 Å². The van der Waals surface area contributed by atoms with Crippen LogP contribution in [0.2, 0.25) is 0 Å². The van der Waals surface area contributed by atoms with E-state index in [1.165, 1.54) is 0 Å². The summed E-state index contributed by atoms with van der Waals surface area (Å²) in [5, 5.41) is 3.28. The van der Waals surface area contributed by atoms with Gasteiger partial charge in [-0.15, -0.1) is 12.4 Å². The topological polar surface area (TPSA) is 58.2 Å². The Morgan fingerprint density at radius 1 is 1.42 bits per heavy atom. The highest BCUT2D eigenvalue weighted by molar-refractivity contribution is 7.89. The zero-order valence-electron chi connectivity index (χ0n) is 11.1. The van der Waals surface area contributed by atoms with Crippen molar-refractivity contribution in [3.8, 4) is 0 Å². The molecule has 108 valence electrons. The van der Waals surface area contributed by atoms with Gasteiger partial charge in [-0.3, -0.25) is 0 Å². The second kappa shape index (κ2) is 7.24. The predicted molar refractivity (Wildman–Crippen MR) is 79.2 cm³/mol. The summed E-state index contributed by atoms with van der Waals surface area (Å²) in [4.78, 5) is 0.354. The highest BCUT2D eigenvalue weighted by Crippen LogP contribution is 2.13. The van der Waals surface area contributed by atoms with Crippen molar-refractivity contribution in [3.05, 3.63) is 29.8 Å². The molecule has 0 bridgehead atoms. The average Bonchev–Trinajstić information content (AvgIpc) is 2.82. The van der Waals surface area contributed by atoms with E-state index in [2.05, 4.69) is 10.0 Å².